The van der Waals surface area contributed by atoms with Gasteiger partial charge in [-0.05, 0) is 115 Å². The smallest absolute Gasteiger partial charge is 0.0852 e. The summed E-state index contributed by atoms with van der Waals surface area (Å²) in [4.78, 5) is 0. The predicted molar refractivity (Wildman–Crippen MR) is 147 cm³/mol. The van der Waals surface area contributed by atoms with Crippen molar-refractivity contribution in [2.45, 2.75) is 99.7 Å². The van der Waals surface area contributed by atoms with Crippen LogP contribution in [0.2, 0.25) is 0 Å². The van der Waals surface area contributed by atoms with Gasteiger partial charge < -0.3 is 15.3 Å². The maximum absolute atomic E-state index is 10.6. The van der Waals surface area contributed by atoms with Crippen LogP contribution in [-0.4, -0.2) is 21.9 Å². The monoisotopic (exact) mass is 478 g/mol. The standard InChI is InChI=1S/C16H24O2.C16H22O/c1-5-16(4)9-12-8-10(2)13(6-7-17)11(3)14(12)15(16)18;1-6-13-10(3)8-12-9-16(5,7-2)15(17)14(12)11(13)4/h8,15,17-18H,5-7,9H2,1-4H3;6,8,15,17H,1,7,9H2,2-5H3. The Morgan fingerprint density at radius 3 is 1.74 bits per heavy atom. The molecule has 0 fully saturated rings. The molecule has 2 aromatic rings. The number of fused-ring (bicyclic) bond motifs is 2. The van der Waals surface area contributed by atoms with E-state index in [4.69, 9.17) is 5.11 Å². The van der Waals surface area contributed by atoms with Crippen LogP contribution < -0.4 is 0 Å². The van der Waals surface area contributed by atoms with Crippen molar-refractivity contribution in [2.24, 2.45) is 10.8 Å². The number of aryl methyl sites for hydroxylation is 2. The summed E-state index contributed by atoms with van der Waals surface area (Å²) in [5.74, 6) is 0. The molecule has 0 radical (unpaired) electrons. The van der Waals surface area contributed by atoms with E-state index in [1.807, 2.05) is 6.08 Å². The lowest BCUT2D eigenvalue weighted by atomic mass is 9.82. The molecule has 0 aliphatic heterocycles. The first-order valence-corrected chi connectivity index (χ1v) is 13.2. The Morgan fingerprint density at radius 2 is 1.31 bits per heavy atom. The van der Waals surface area contributed by atoms with E-state index in [9.17, 15) is 10.2 Å². The maximum Gasteiger partial charge on any atom is 0.0852 e. The van der Waals surface area contributed by atoms with Crippen molar-refractivity contribution < 1.29 is 15.3 Å². The van der Waals surface area contributed by atoms with Crippen molar-refractivity contribution in [3.63, 3.8) is 0 Å². The van der Waals surface area contributed by atoms with Crippen LogP contribution in [0.4, 0.5) is 0 Å². The number of hydrogen-bond donors (Lipinski definition) is 3. The second kappa shape index (κ2) is 10.2. The Labute approximate surface area is 212 Å². The lowest BCUT2D eigenvalue weighted by Crippen LogP contribution is -2.21. The van der Waals surface area contributed by atoms with Gasteiger partial charge in [0.1, 0.15) is 0 Å². The summed E-state index contributed by atoms with van der Waals surface area (Å²) in [5.41, 5.74) is 12.1. The molecule has 2 aliphatic carbocycles. The first-order chi connectivity index (χ1) is 16.4. The highest BCUT2D eigenvalue weighted by molar-refractivity contribution is 5.62. The second-order valence-electron chi connectivity index (χ2n) is 11.5. The summed E-state index contributed by atoms with van der Waals surface area (Å²) in [6.45, 7) is 21.1. The topological polar surface area (TPSA) is 60.7 Å². The number of aliphatic hydroxyl groups excluding tert-OH is 3. The summed E-state index contributed by atoms with van der Waals surface area (Å²) >= 11 is 0. The molecule has 0 heterocycles. The quantitative estimate of drug-likeness (QED) is 0.443. The average Bonchev–Trinajstić information content (AvgIpc) is 3.21. The van der Waals surface area contributed by atoms with Crippen LogP contribution in [0, 0.1) is 38.5 Å². The fraction of sp³-hybridized carbons (Fsp3) is 0.562. The lowest BCUT2D eigenvalue weighted by Gasteiger charge is -2.27. The van der Waals surface area contributed by atoms with Gasteiger partial charge in [0.15, 0.2) is 0 Å². The molecule has 0 spiro atoms. The molecule has 4 atom stereocenters. The molecule has 4 rings (SSSR count). The van der Waals surface area contributed by atoms with E-state index in [2.05, 4.69) is 74.1 Å². The van der Waals surface area contributed by atoms with E-state index < -0.39 is 0 Å². The zero-order valence-electron chi connectivity index (χ0n) is 23.2. The minimum Gasteiger partial charge on any atom is -0.396 e. The third-order valence-electron chi connectivity index (χ3n) is 9.28. The molecular formula is C32H46O3. The second-order valence-corrected chi connectivity index (χ2v) is 11.5. The lowest BCUT2D eigenvalue weighted by molar-refractivity contribution is 0.0493. The third-order valence-corrected chi connectivity index (χ3v) is 9.28. The Bertz CT molecular complexity index is 1110. The molecule has 0 bridgehead atoms. The Hall–Kier alpha value is -1.94. The molecule has 3 nitrogen and oxygen atoms in total. The maximum atomic E-state index is 10.6. The fourth-order valence-corrected chi connectivity index (χ4v) is 6.49. The van der Waals surface area contributed by atoms with Crippen LogP contribution in [0.1, 0.15) is 108 Å². The van der Waals surface area contributed by atoms with Crippen molar-refractivity contribution in [2.75, 3.05) is 6.61 Å². The molecule has 0 amide bonds. The van der Waals surface area contributed by atoms with Crippen LogP contribution >= 0.6 is 0 Å². The molecule has 4 unspecified atom stereocenters. The highest BCUT2D eigenvalue weighted by atomic mass is 16.3. The van der Waals surface area contributed by atoms with E-state index in [-0.39, 0.29) is 29.6 Å². The summed E-state index contributed by atoms with van der Waals surface area (Å²) in [6.07, 6.45) is 5.82. The molecule has 0 aromatic heterocycles. The van der Waals surface area contributed by atoms with Crippen molar-refractivity contribution in [1.82, 2.24) is 0 Å². The Morgan fingerprint density at radius 1 is 0.857 bits per heavy atom. The Balaban J connectivity index is 0.000000196. The average molecular weight is 479 g/mol. The molecule has 192 valence electrons. The van der Waals surface area contributed by atoms with E-state index in [1.54, 1.807) is 0 Å². The van der Waals surface area contributed by atoms with Crippen molar-refractivity contribution in [3.05, 3.63) is 74.3 Å². The Kier molecular flexibility index (Phi) is 8.06. The summed E-state index contributed by atoms with van der Waals surface area (Å²) in [6, 6.07) is 4.43. The van der Waals surface area contributed by atoms with Crippen molar-refractivity contribution in [3.8, 4) is 0 Å². The van der Waals surface area contributed by atoms with Gasteiger partial charge in [-0.15, -0.1) is 0 Å². The molecular weight excluding hydrogens is 432 g/mol. The number of hydrogen-bond acceptors (Lipinski definition) is 3. The van der Waals surface area contributed by atoms with Gasteiger partial charge in [0.05, 0.1) is 12.2 Å². The molecule has 35 heavy (non-hydrogen) atoms. The zero-order chi connectivity index (χ0) is 26.3. The van der Waals surface area contributed by atoms with Crippen LogP contribution in [0.15, 0.2) is 18.7 Å². The van der Waals surface area contributed by atoms with E-state index in [0.717, 1.165) is 36.8 Å². The highest BCUT2D eigenvalue weighted by Crippen LogP contribution is 2.51. The summed E-state index contributed by atoms with van der Waals surface area (Å²) in [5, 5.41) is 30.3. The zero-order valence-corrected chi connectivity index (χ0v) is 23.2. The molecule has 2 aromatic carbocycles. The molecule has 0 saturated carbocycles. The molecule has 3 N–H and O–H groups in total. The molecule has 2 aliphatic rings. The van der Waals surface area contributed by atoms with Crippen molar-refractivity contribution in [1.29, 1.82) is 0 Å². The summed E-state index contributed by atoms with van der Waals surface area (Å²) in [7, 11) is 0. The summed E-state index contributed by atoms with van der Waals surface area (Å²) < 4.78 is 0. The van der Waals surface area contributed by atoms with Crippen LogP contribution in [0.3, 0.4) is 0 Å². The SMILES string of the molecule is C=Cc1c(C)cc2c(c1C)C(O)C(C)(CC)C2.CCC1(C)Cc2cc(C)c(CCO)c(C)c2C1O. The predicted octanol–water partition coefficient (Wildman–Crippen LogP) is 6.80. The van der Waals surface area contributed by atoms with Crippen LogP contribution in [0.5, 0.6) is 0 Å². The highest BCUT2D eigenvalue weighted by Gasteiger charge is 2.42. The molecule has 0 saturated heterocycles. The van der Waals surface area contributed by atoms with Gasteiger partial charge in [-0.25, -0.2) is 0 Å². The van der Waals surface area contributed by atoms with Crippen LogP contribution in [0.25, 0.3) is 6.08 Å². The van der Waals surface area contributed by atoms with E-state index in [1.165, 1.54) is 44.5 Å². The largest absolute Gasteiger partial charge is 0.396 e. The van der Waals surface area contributed by atoms with Gasteiger partial charge in [-0.1, -0.05) is 52.5 Å². The minimum absolute atomic E-state index is 0.000668. The molecule has 3 heteroatoms. The van der Waals surface area contributed by atoms with Gasteiger partial charge in [-0.3, -0.25) is 0 Å². The number of rotatable bonds is 5. The van der Waals surface area contributed by atoms with E-state index in [0.29, 0.717) is 6.42 Å². The van der Waals surface area contributed by atoms with Crippen molar-refractivity contribution >= 4 is 6.08 Å². The number of aliphatic hydroxyl groups is 3. The van der Waals surface area contributed by atoms with E-state index >= 15 is 0 Å². The van der Waals surface area contributed by atoms with Crippen LogP contribution in [-0.2, 0) is 19.3 Å². The van der Waals surface area contributed by atoms with Gasteiger partial charge in [0.2, 0.25) is 0 Å². The first kappa shape index (κ1) is 27.6. The first-order valence-electron chi connectivity index (χ1n) is 13.2. The fourth-order valence-electron chi connectivity index (χ4n) is 6.49. The van der Waals surface area contributed by atoms with Gasteiger partial charge in [0, 0.05) is 17.4 Å². The normalized spacial score (nSPS) is 26.7. The third kappa shape index (κ3) is 4.63. The number of benzene rings is 2. The minimum atomic E-state index is -0.365. The van der Waals surface area contributed by atoms with Gasteiger partial charge in [0.25, 0.3) is 0 Å². The van der Waals surface area contributed by atoms with Gasteiger partial charge in [-0.2, -0.15) is 0 Å². The van der Waals surface area contributed by atoms with Gasteiger partial charge >= 0.3 is 0 Å².